The summed E-state index contributed by atoms with van der Waals surface area (Å²) >= 11 is 0. The summed E-state index contributed by atoms with van der Waals surface area (Å²) in [4.78, 5) is 52.8. The van der Waals surface area contributed by atoms with Gasteiger partial charge in [0.15, 0.2) is 0 Å². The molecule has 35 heavy (non-hydrogen) atoms. The van der Waals surface area contributed by atoms with Crippen LogP contribution < -0.4 is 19.7 Å². The Morgan fingerprint density at radius 3 is 2.49 bits per heavy atom. The molecule has 0 aliphatic carbocycles. The van der Waals surface area contributed by atoms with Gasteiger partial charge in [-0.3, -0.25) is 25.0 Å². The number of pyridine rings is 1. The Hall–Kier alpha value is -5.06. The van der Waals surface area contributed by atoms with Gasteiger partial charge in [0, 0.05) is 18.2 Å². The van der Waals surface area contributed by atoms with Gasteiger partial charge in [0.1, 0.15) is 23.3 Å². The molecule has 0 atom stereocenters. The largest absolute Gasteiger partial charge is 0.494 e. The molecule has 11 heteroatoms. The van der Waals surface area contributed by atoms with E-state index in [2.05, 4.69) is 10.3 Å². The fourth-order valence-corrected chi connectivity index (χ4v) is 3.23. The molecular formula is C24H18N4O7. The minimum atomic E-state index is -0.856. The van der Waals surface area contributed by atoms with Crippen molar-refractivity contribution in [2.24, 2.45) is 0 Å². The second-order valence-corrected chi connectivity index (χ2v) is 7.17. The molecule has 1 fully saturated rings. The molecule has 1 N–H and O–H groups in total. The van der Waals surface area contributed by atoms with Gasteiger partial charge in [-0.05, 0) is 42.8 Å². The predicted molar refractivity (Wildman–Crippen MR) is 124 cm³/mol. The molecule has 1 aromatic heterocycles. The number of hydrogen-bond donors (Lipinski definition) is 1. The number of amides is 4. The van der Waals surface area contributed by atoms with Crippen molar-refractivity contribution in [2.75, 3.05) is 11.5 Å². The van der Waals surface area contributed by atoms with Crippen LogP contribution >= 0.6 is 0 Å². The predicted octanol–water partition coefficient (Wildman–Crippen LogP) is 3.85. The van der Waals surface area contributed by atoms with Gasteiger partial charge >= 0.3 is 6.03 Å². The molecule has 1 aliphatic heterocycles. The van der Waals surface area contributed by atoms with Crippen LogP contribution in [-0.2, 0) is 9.59 Å². The van der Waals surface area contributed by atoms with E-state index in [4.69, 9.17) is 9.47 Å². The molecule has 0 spiro atoms. The van der Waals surface area contributed by atoms with Crippen LogP contribution in [0.3, 0.4) is 0 Å². The summed E-state index contributed by atoms with van der Waals surface area (Å²) in [5.74, 6) is -0.564. The molecule has 0 bridgehead atoms. The van der Waals surface area contributed by atoms with E-state index in [1.165, 1.54) is 24.3 Å². The van der Waals surface area contributed by atoms with Crippen LogP contribution in [0.5, 0.6) is 17.4 Å². The Balaban J connectivity index is 1.54. The maximum absolute atomic E-state index is 13.1. The van der Waals surface area contributed by atoms with E-state index in [1.807, 2.05) is 6.92 Å². The third-order valence-electron chi connectivity index (χ3n) is 4.83. The van der Waals surface area contributed by atoms with Gasteiger partial charge in [0.2, 0.25) is 5.88 Å². The molecule has 1 aliphatic rings. The van der Waals surface area contributed by atoms with Crippen molar-refractivity contribution < 1.29 is 28.8 Å². The molecule has 4 rings (SSSR count). The highest BCUT2D eigenvalue weighted by molar-refractivity contribution is 6.39. The van der Waals surface area contributed by atoms with Crippen molar-refractivity contribution in [3.63, 3.8) is 0 Å². The average molecular weight is 474 g/mol. The van der Waals surface area contributed by atoms with Gasteiger partial charge in [-0.25, -0.2) is 14.7 Å². The van der Waals surface area contributed by atoms with Gasteiger partial charge in [-0.1, -0.05) is 18.2 Å². The van der Waals surface area contributed by atoms with Crippen molar-refractivity contribution in [2.45, 2.75) is 6.92 Å². The lowest BCUT2D eigenvalue weighted by Gasteiger charge is -2.26. The molecule has 4 amide bonds. The molecule has 11 nitrogen and oxygen atoms in total. The SMILES string of the molecule is CCOc1cccc(N2C(=O)NC(=O)C(=Cc3ccc(Oc4ccc([N+](=O)[O-])cn4)cc3)C2=O)c1. The lowest BCUT2D eigenvalue weighted by atomic mass is 10.1. The van der Waals surface area contributed by atoms with E-state index in [0.717, 1.165) is 11.1 Å². The van der Waals surface area contributed by atoms with Gasteiger partial charge in [0.25, 0.3) is 17.5 Å². The zero-order valence-corrected chi connectivity index (χ0v) is 18.3. The zero-order valence-electron chi connectivity index (χ0n) is 18.3. The molecule has 1 saturated heterocycles. The minimum absolute atomic E-state index is 0.159. The average Bonchev–Trinajstić information content (AvgIpc) is 2.83. The van der Waals surface area contributed by atoms with Gasteiger partial charge in [-0.15, -0.1) is 0 Å². The second kappa shape index (κ2) is 9.83. The quantitative estimate of drug-likeness (QED) is 0.236. The third-order valence-corrected chi connectivity index (χ3v) is 4.83. The van der Waals surface area contributed by atoms with Crippen molar-refractivity contribution in [1.29, 1.82) is 0 Å². The number of carbonyl (C=O) groups is 3. The topological polar surface area (TPSA) is 141 Å². The van der Waals surface area contributed by atoms with Crippen molar-refractivity contribution >= 4 is 35.3 Å². The highest BCUT2D eigenvalue weighted by atomic mass is 16.6. The number of imide groups is 2. The molecule has 3 aromatic rings. The number of rotatable bonds is 7. The van der Waals surface area contributed by atoms with E-state index < -0.39 is 22.8 Å². The maximum Gasteiger partial charge on any atom is 0.335 e. The number of nitro groups is 1. The van der Waals surface area contributed by atoms with E-state index >= 15 is 0 Å². The van der Waals surface area contributed by atoms with Crippen LogP contribution in [-0.4, -0.2) is 34.4 Å². The summed E-state index contributed by atoms with van der Waals surface area (Å²) in [7, 11) is 0. The van der Waals surface area contributed by atoms with Gasteiger partial charge in [0.05, 0.1) is 17.2 Å². The van der Waals surface area contributed by atoms with Crippen molar-refractivity contribution in [1.82, 2.24) is 10.3 Å². The summed E-state index contributed by atoms with van der Waals surface area (Å²) in [5.41, 5.74) is 0.380. The fourth-order valence-electron chi connectivity index (χ4n) is 3.23. The maximum atomic E-state index is 13.1. The monoisotopic (exact) mass is 474 g/mol. The molecule has 0 radical (unpaired) electrons. The minimum Gasteiger partial charge on any atom is -0.494 e. The lowest BCUT2D eigenvalue weighted by Crippen LogP contribution is -2.54. The number of aromatic nitrogens is 1. The number of urea groups is 1. The van der Waals surface area contributed by atoms with Gasteiger partial charge in [-0.2, -0.15) is 0 Å². The molecule has 176 valence electrons. The number of hydrogen-bond acceptors (Lipinski definition) is 8. The number of nitrogens with zero attached hydrogens (tertiary/aromatic N) is 3. The number of benzene rings is 2. The van der Waals surface area contributed by atoms with E-state index in [1.54, 1.807) is 42.5 Å². The summed E-state index contributed by atoms with van der Waals surface area (Å²) in [6.07, 6.45) is 2.44. The summed E-state index contributed by atoms with van der Waals surface area (Å²) in [6.45, 7) is 2.22. The highest BCUT2D eigenvalue weighted by Gasteiger charge is 2.36. The van der Waals surface area contributed by atoms with E-state index in [0.29, 0.717) is 23.7 Å². The number of carbonyl (C=O) groups excluding carboxylic acids is 3. The smallest absolute Gasteiger partial charge is 0.335 e. The lowest BCUT2D eigenvalue weighted by molar-refractivity contribution is -0.385. The molecule has 2 aromatic carbocycles. The molecular weight excluding hydrogens is 456 g/mol. The first-order chi connectivity index (χ1) is 16.9. The Bertz CT molecular complexity index is 1330. The number of barbiturate groups is 1. The number of ether oxygens (including phenoxy) is 2. The van der Waals surface area contributed by atoms with Crippen LogP contribution in [0.15, 0.2) is 72.4 Å². The first kappa shape index (κ1) is 23.1. The first-order valence-electron chi connectivity index (χ1n) is 10.4. The summed E-state index contributed by atoms with van der Waals surface area (Å²) in [6, 6.07) is 14.6. The third kappa shape index (κ3) is 5.14. The highest BCUT2D eigenvalue weighted by Crippen LogP contribution is 2.26. The number of nitrogens with one attached hydrogen (secondary N) is 1. The van der Waals surface area contributed by atoms with Crippen LogP contribution in [0.2, 0.25) is 0 Å². The van der Waals surface area contributed by atoms with Crippen LogP contribution in [0, 0.1) is 10.1 Å². The van der Waals surface area contributed by atoms with Crippen LogP contribution in [0.1, 0.15) is 12.5 Å². The molecule has 0 saturated carbocycles. The van der Waals surface area contributed by atoms with Crippen LogP contribution in [0.25, 0.3) is 6.08 Å². The standard InChI is InChI=1S/C24H18N4O7/c1-2-34-19-5-3-4-16(13-19)27-23(30)20(22(29)26-24(27)31)12-15-6-9-18(10-7-15)35-21-11-8-17(14-25-21)28(32)33/h3-14H,2H2,1H3,(H,26,29,31). The summed E-state index contributed by atoms with van der Waals surface area (Å²) < 4.78 is 11.0. The number of anilines is 1. The van der Waals surface area contributed by atoms with Crippen molar-refractivity contribution in [3.05, 3.63) is 88.1 Å². The van der Waals surface area contributed by atoms with Crippen LogP contribution in [0.4, 0.5) is 16.2 Å². The Morgan fingerprint density at radius 1 is 1.06 bits per heavy atom. The molecule has 2 heterocycles. The Morgan fingerprint density at radius 2 is 1.83 bits per heavy atom. The van der Waals surface area contributed by atoms with Crippen molar-refractivity contribution in [3.8, 4) is 17.4 Å². The van der Waals surface area contributed by atoms with Gasteiger partial charge < -0.3 is 9.47 Å². The second-order valence-electron chi connectivity index (χ2n) is 7.17. The Kier molecular flexibility index (Phi) is 6.49. The normalized spacial score (nSPS) is 14.6. The zero-order chi connectivity index (χ0) is 24.9. The van der Waals surface area contributed by atoms with E-state index in [9.17, 15) is 24.5 Å². The fraction of sp³-hybridized carbons (Fsp3) is 0.0833. The molecule has 0 unspecified atom stereocenters. The van der Waals surface area contributed by atoms with E-state index in [-0.39, 0.29) is 22.8 Å². The Labute approximate surface area is 198 Å². The summed E-state index contributed by atoms with van der Waals surface area (Å²) in [5, 5.41) is 12.9. The first-order valence-corrected chi connectivity index (χ1v) is 10.4.